The van der Waals surface area contributed by atoms with Gasteiger partial charge in [0.15, 0.2) is 11.5 Å². The monoisotopic (exact) mass is 250 g/mol. The molecule has 2 N–H and O–H groups in total. The molecule has 0 fully saturated rings. The number of rotatable bonds is 4. The fourth-order valence-corrected chi connectivity index (χ4v) is 2.04. The summed E-state index contributed by atoms with van der Waals surface area (Å²) in [5, 5.41) is 0. The number of nitrogens with two attached hydrogens (primary N) is 1. The van der Waals surface area contributed by atoms with E-state index in [2.05, 4.69) is 24.9 Å². The van der Waals surface area contributed by atoms with Gasteiger partial charge in [-0.3, -0.25) is 0 Å². The molecule has 0 aromatic heterocycles. The Bertz CT molecular complexity index is 395. The number of nitrogens with zero attached hydrogens (tertiary/aromatic N) is 1. The van der Waals surface area contributed by atoms with Crippen LogP contribution in [0, 0.1) is 5.92 Å². The van der Waals surface area contributed by atoms with Crippen LogP contribution in [0.3, 0.4) is 0 Å². The molecule has 18 heavy (non-hydrogen) atoms. The van der Waals surface area contributed by atoms with Crippen molar-refractivity contribution in [3.8, 4) is 11.5 Å². The van der Waals surface area contributed by atoms with Gasteiger partial charge < -0.3 is 20.1 Å². The molecule has 1 unspecified atom stereocenters. The lowest BCUT2D eigenvalue weighted by atomic mass is 10.1. The van der Waals surface area contributed by atoms with Crippen LogP contribution in [0.25, 0.3) is 0 Å². The molecule has 4 nitrogen and oxygen atoms in total. The molecule has 1 heterocycles. The second kappa shape index (κ2) is 5.96. The van der Waals surface area contributed by atoms with Gasteiger partial charge >= 0.3 is 0 Å². The van der Waals surface area contributed by atoms with Crippen LogP contribution in [0.1, 0.15) is 13.3 Å². The summed E-state index contributed by atoms with van der Waals surface area (Å²) in [5.74, 6) is 2.17. The molecule has 2 rings (SSSR count). The highest BCUT2D eigenvalue weighted by Gasteiger charge is 2.13. The number of benzene rings is 1. The zero-order valence-corrected chi connectivity index (χ0v) is 11.2. The second-order valence-electron chi connectivity index (χ2n) is 4.90. The molecule has 0 saturated heterocycles. The fraction of sp³-hybridized carbons (Fsp3) is 0.571. The molecule has 100 valence electrons. The summed E-state index contributed by atoms with van der Waals surface area (Å²) < 4.78 is 11.3. The number of hydrogen-bond donors (Lipinski definition) is 1. The Kier molecular flexibility index (Phi) is 4.31. The van der Waals surface area contributed by atoms with Crippen LogP contribution in [0.4, 0.5) is 5.69 Å². The van der Waals surface area contributed by atoms with Crippen molar-refractivity contribution in [2.45, 2.75) is 13.3 Å². The van der Waals surface area contributed by atoms with Crippen molar-refractivity contribution in [1.29, 1.82) is 0 Å². The van der Waals surface area contributed by atoms with Gasteiger partial charge in [0.25, 0.3) is 0 Å². The average molecular weight is 250 g/mol. The lowest BCUT2D eigenvalue weighted by Gasteiger charge is -2.23. The second-order valence-corrected chi connectivity index (χ2v) is 4.90. The standard InChI is InChI=1S/C14H22N2O2/c1-11(9-15)10-16(2)12-4-5-13-14(8-12)18-7-3-6-17-13/h4-5,8,11H,3,6-7,9-10,15H2,1-2H3. The van der Waals surface area contributed by atoms with Crippen LogP contribution in [-0.4, -0.2) is 33.4 Å². The van der Waals surface area contributed by atoms with Gasteiger partial charge in [-0.25, -0.2) is 0 Å². The van der Waals surface area contributed by atoms with E-state index in [1.54, 1.807) is 0 Å². The van der Waals surface area contributed by atoms with Crippen molar-refractivity contribution in [3.05, 3.63) is 18.2 Å². The molecule has 0 radical (unpaired) electrons. The molecule has 1 aromatic carbocycles. The van der Waals surface area contributed by atoms with Crippen molar-refractivity contribution in [2.75, 3.05) is 38.3 Å². The maximum Gasteiger partial charge on any atom is 0.163 e. The van der Waals surface area contributed by atoms with E-state index < -0.39 is 0 Å². The Morgan fingerprint density at radius 3 is 2.72 bits per heavy atom. The molecule has 1 aliphatic rings. The molecular formula is C14H22N2O2. The summed E-state index contributed by atoms with van der Waals surface area (Å²) in [6, 6.07) is 6.10. The predicted molar refractivity (Wildman–Crippen MR) is 73.5 cm³/mol. The molecule has 0 aliphatic carbocycles. The Morgan fingerprint density at radius 1 is 1.28 bits per heavy atom. The normalized spacial score (nSPS) is 15.9. The molecule has 1 aliphatic heterocycles. The third-order valence-electron chi connectivity index (χ3n) is 3.16. The maximum atomic E-state index is 5.69. The van der Waals surface area contributed by atoms with Gasteiger partial charge in [-0.05, 0) is 24.6 Å². The number of fused-ring (bicyclic) bond motifs is 1. The third kappa shape index (κ3) is 3.07. The van der Waals surface area contributed by atoms with E-state index >= 15 is 0 Å². The van der Waals surface area contributed by atoms with Gasteiger partial charge in [0.05, 0.1) is 13.2 Å². The zero-order chi connectivity index (χ0) is 13.0. The average Bonchev–Trinajstić information content (AvgIpc) is 2.62. The van der Waals surface area contributed by atoms with Crippen LogP contribution < -0.4 is 20.1 Å². The topological polar surface area (TPSA) is 47.7 Å². The fourth-order valence-electron chi connectivity index (χ4n) is 2.04. The van der Waals surface area contributed by atoms with Crippen molar-refractivity contribution in [3.63, 3.8) is 0 Å². The molecule has 0 bridgehead atoms. The van der Waals surface area contributed by atoms with E-state index in [1.807, 2.05) is 12.1 Å². The van der Waals surface area contributed by atoms with E-state index in [9.17, 15) is 0 Å². The van der Waals surface area contributed by atoms with Gasteiger partial charge in [0.1, 0.15) is 0 Å². The number of ether oxygens (including phenoxy) is 2. The first-order chi connectivity index (χ1) is 8.70. The molecule has 0 spiro atoms. The summed E-state index contributed by atoms with van der Waals surface area (Å²) in [5.41, 5.74) is 6.80. The Labute approximate surface area is 109 Å². The van der Waals surface area contributed by atoms with Crippen LogP contribution in [0.15, 0.2) is 18.2 Å². The highest BCUT2D eigenvalue weighted by atomic mass is 16.5. The first-order valence-corrected chi connectivity index (χ1v) is 6.51. The summed E-state index contributed by atoms with van der Waals surface area (Å²) in [4.78, 5) is 2.20. The smallest absolute Gasteiger partial charge is 0.163 e. The van der Waals surface area contributed by atoms with Gasteiger partial charge in [-0.1, -0.05) is 6.92 Å². The summed E-state index contributed by atoms with van der Waals surface area (Å²) in [6.07, 6.45) is 0.935. The molecule has 0 amide bonds. The zero-order valence-electron chi connectivity index (χ0n) is 11.2. The number of hydrogen-bond acceptors (Lipinski definition) is 4. The highest BCUT2D eigenvalue weighted by molar-refractivity contribution is 5.56. The molecular weight excluding hydrogens is 228 g/mol. The van der Waals surface area contributed by atoms with E-state index in [-0.39, 0.29) is 0 Å². The largest absolute Gasteiger partial charge is 0.490 e. The molecule has 1 atom stereocenters. The first-order valence-electron chi connectivity index (χ1n) is 6.51. The van der Waals surface area contributed by atoms with Gasteiger partial charge in [0.2, 0.25) is 0 Å². The van der Waals surface area contributed by atoms with Crippen LogP contribution in [-0.2, 0) is 0 Å². The van der Waals surface area contributed by atoms with Gasteiger partial charge in [-0.15, -0.1) is 0 Å². The summed E-state index contributed by atoms with van der Waals surface area (Å²) in [6.45, 7) is 5.25. The Hall–Kier alpha value is -1.42. The quantitative estimate of drug-likeness (QED) is 0.886. The summed E-state index contributed by atoms with van der Waals surface area (Å²) in [7, 11) is 2.07. The SMILES string of the molecule is CC(CN)CN(C)c1ccc2c(c1)OCCCO2. The minimum absolute atomic E-state index is 0.478. The lowest BCUT2D eigenvalue weighted by Crippen LogP contribution is -2.28. The Morgan fingerprint density at radius 2 is 2.00 bits per heavy atom. The summed E-state index contributed by atoms with van der Waals surface area (Å²) >= 11 is 0. The van der Waals surface area contributed by atoms with E-state index in [0.717, 1.165) is 43.4 Å². The Balaban J connectivity index is 2.12. The minimum Gasteiger partial charge on any atom is -0.490 e. The van der Waals surface area contributed by atoms with Crippen molar-refractivity contribution in [2.24, 2.45) is 11.7 Å². The van der Waals surface area contributed by atoms with Crippen molar-refractivity contribution >= 4 is 5.69 Å². The lowest BCUT2D eigenvalue weighted by molar-refractivity contribution is 0.297. The van der Waals surface area contributed by atoms with Crippen LogP contribution in [0.2, 0.25) is 0 Å². The molecule has 4 heteroatoms. The predicted octanol–water partition coefficient (Wildman–Crippen LogP) is 1.88. The molecule has 0 saturated carbocycles. The minimum atomic E-state index is 0.478. The van der Waals surface area contributed by atoms with Crippen LogP contribution >= 0.6 is 0 Å². The van der Waals surface area contributed by atoms with E-state index in [0.29, 0.717) is 12.5 Å². The number of anilines is 1. The third-order valence-corrected chi connectivity index (χ3v) is 3.16. The highest BCUT2D eigenvalue weighted by Crippen LogP contribution is 2.33. The van der Waals surface area contributed by atoms with Crippen molar-refractivity contribution < 1.29 is 9.47 Å². The first kappa shape index (κ1) is 13.0. The van der Waals surface area contributed by atoms with E-state index in [1.165, 1.54) is 0 Å². The van der Waals surface area contributed by atoms with Gasteiger partial charge in [-0.2, -0.15) is 0 Å². The maximum absolute atomic E-state index is 5.69. The van der Waals surface area contributed by atoms with Crippen molar-refractivity contribution in [1.82, 2.24) is 0 Å². The van der Waals surface area contributed by atoms with Gasteiger partial charge in [0, 0.05) is 31.8 Å². The molecule has 1 aromatic rings. The van der Waals surface area contributed by atoms with E-state index in [4.69, 9.17) is 15.2 Å². The van der Waals surface area contributed by atoms with Crippen LogP contribution in [0.5, 0.6) is 11.5 Å².